The van der Waals surface area contributed by atoms with Crippen molar-refractivity contribution in [1.82, 2.24) is 0 Å². The first-order chi connectivity index (χ1) is 9.01. The first-order valence-corrected chi connectivity index (χ1v) is 5.74. The van der Waals surface area contributed by atoms with Crippen molar-refractivity contribution in [1.29, 1.82) is 5.26 Å². The van der Waals surface area contributed by atoms with Gasteiger partial charge in [-0.05, 0) is 38.1 Å². The molecular weight excluding hydrogens is 242 g/mol. The minimum atomic E-state index is -0.358. The van der Waals surface area contributed by atoms with E-state index in [0.717, 1.165) is 5.57 Å². The van der Waals surface area contributed by atoms with Crippen LogP contribution < -0.4 is 10.6 Å². The number of anilines is 2. The third kappa shape index (κ3) is 5.50. The van der Waals surface area contributed by atoms with E-state index in [0.29, 0.717) is 11.4 Å². The van der Waals surface area contributed by atoms with Crippen LogP contribution >= 0.6 is 0 Å². The van der Waals surface area contributed by atoms with Gasteiger partial charge in [0, 0.05) is 17.5 Å². The van der Waals surface area contributed by atoms with Gasteiger partial charge in [-0.15, -0.1) is 0 Å². The Balaban J connectivity index is 2.62. The summed E-state index contributed by atoms with van der Waals surface area (Å²) < 4.78 is 0. The number of nitriles is 1. The van der Waals surface area contributed by atoms with E-state index < -0.39 is 0 Å². The molecule has 0 saturated carbocycles. The van der Waals surface area contributed by atoms with E-state index in [2.05, 4.69) is 10.6 Å². The molecule has 0 spiro atoms. The quantitative estimate of drug-likeness (QED) is 0.813. The van der Waals surface area contributed by atoms with Crippen molar-refractivity contribution in [2.45, 2.75) is 20.3 Å². The molecule has 2 amide bonds. The van der Waals surface area contributed by atoms with Crippen LogP contribution in [0.2, 0.25) is 0 Å². The van der Waals surface area contributed by atoms with Gasteiger partial charge in [0.05, 0.1) is 6.07 Å². The molecule has 98 valence electrons. The lowest BCUT2D eigenvalue weighted by Crippen LogP contribution is -2.11. The van der Waals surface area contributed by atoms with E-state index in [1.54, 1.807) is 30.3 Å². The summed E-state index contributed by atoms with van der Waals surface area (Å²) in [5.41, 5.74) is 2.14. The van der Waals surface area contributed by atoms with Crippen LogP contribution in [0.4, 0.5) is 11.4 Å². The molecule has 0 radical (unpaired) electrons. The fourth-order valence-electron chi connectivity index (χ4n) is 1.35. The van der Waals surface area contributed by atoms with Crippen LogP contribution in [-0.2, 0) is 9.59 Å². The molecule has 5 heteroatoms. The van der Waals surface area contributed by atoms with Crippen LogP contribution in [0.25, 0.3) is 0 Å². The molecule has 0 bridgehead atoms. The number of amides is 2. The second-order valence-corrected chi connectivity index (χ2v) is 4.17. The molecule has 0 aromatic heterocycles. The van der Waals surface area contributed by atoms with Gasteiger partial charge in [-0.3, -0.25) is 9.59 Å². The summed E-state index contributed by atoms with van der Waals surface area (Å²) in [7, 11) is 0. The topological polar surface area (TPSA) is 82.0 Å². The molecule has 1 aromatic rings. The Hall–Kier alpha value is -2.61. The van der Waals surface area contributed by atoms with E-state index in [1.807, 2.05) is 13.8 Å². The number of benzene rings is 1. The summed E-state index contributed by atoms with van der Waals surface area (Å²) in [5, 5.41) is 13.6. The average molecular weight is 257 g/mol. The summed E-state index contributed by atoms with van der Waals surface area (Å²) in [4.78, 5) is 22.7. The second-order valence-electron chi connectivity index (χ2n) is 4.17. The Labute approximate surface area is 111 Å². The molecular formula is C14H15N3O2. The molecule has 0 aliphatic heterocycles. The number of hydrogen-bond acceptors (Lipinski definition) is 3. The van der Waals surface area contributed by atoms with Gasteiger partial charge in [-0.2, -0.15) is 5.26 Å². The average Bonchev–Trinajstić information content (AvgIpc) is 2.31. The number of hydrogen-bond donors (Lipinski definition) is 2. The first-order valence-electron chi connectivity index (χ1n) is 5.74. The lowest BCUT2D eigenvalue weighted by Gasteiger charge is -2.05. The SMILES string of the molecule is CC(C)=CC(=O)Nc1ccc(NC(=O)CC#N)cc1. The van der Waals surface area contributed by atoms with Gasteiger partial charge in [0.2, 0.25) is 11.8 Å². The number of rotatable bonds is 4. The molecule has 0 saturated heterocycles. The first kappa shape index (κ1) is 14.5. The standard InChI is InChI=1S/C14H15N3O2/c1-10(2)9-14(19)17-12-5-3-11(4-6-12)16-13(18)7-8-15/h3-6,9H,7H2,1-2H3,(H,16,18)(H,17,19). The van der Waals surface area contributed by atoms with Gasteiger partial charge in [-0.1, -0.05) is 5.57 Å². The van der Waals surface area contributed by atoms with Gasteiger partial charge in [0.1, 0.15) is 6.42 Å². The lowest BCUT2D eigenvalue weighted by atomic mass is 10.2. The summed E-state index contributed by atoms with van der Waals surface area (Å²) in [6, 6.07) is 8.45. The molecule has 2 N–H and O–H groups in total. The minimum Gasteiger partial charge on any atom is -0.325 e. The van der Waals surface area contributed by atoms with E-state index in [1.165, 1.54) is 6.08 Å². The predicted octanol–water partition coefficient (Wildman–Crippen LogP) is 2.44. The minimum absolute atomic E-state index is 0.181. The highest BCUT2D eigenvalue weighted by molar-refractivity contribution is 6.00. The Morgan fingerprint density at radius 3 is 2.16 bits per heavy atom. The van der Waals surface area contributed by atoms with Crippen LogP contribution in [0.1, 0.15) is 20.3 Å². The molecule has 0 heterocycles. The lowest BCUT2D eigenvalue weighted by molar-refractivity contribution is -0.115. The molecule has 1 aromatic carbocycles. The third-order valence-electron chi connectivity index (χ3n) is 2.10. The fourth-order valence-corrected chi connectivity index (χ4v) is 1.35. The summed E-state index contributed by atoms with van der Waals surface area (Å²) >= 11 is 0. The maximum atomic E-state index is 11.5. The molecule has 0 atom stereocenters. The van der Waals surface area contributed by atoms with E-state index in [4.69, 9.17) is 5.26 Å². The van der Waals surface area contributed by atoms with Crippen LogP contribution in [0, 0.1) is 11.3 Å². The largest absolute Gasteiger partial charge is 0.325 e. The summed E-state index contributed by atoms with van der Waals surface area (Å²) in [6.45, 7) is 3.68. The third-order valence-corrected chi connectivity index (χ3v) is 2.10. The van der Waals surface area contributed by atoms with Crippen molar-refractivity contribution < 1.29 is 9.59 Å². The Morgan fingerprint density at radius 2 is 1.68 bits per heavy atom. The Kier molecular flexibility index (Phi) is 5.30. The maximum absolute atomic E-state index is 11.5. The molecule has 1 rings (SSSR count). The van der Waals surface area contributed by atoms with Crippen molar-refractivity contribution in [3.05, 3.63) is 35.9 Å². The number of nitrogens with one attached hydrogen (secondary N) is 2. The van der Waals surface area contributed by atoms with E-state index >= 15 is 0 Å². The van der Waals surface area contributed by atoms with Gasteiger partial charge in [0.15, 0.2) is 0 Å². The Morgan fingerprint density at radius 1 is 1.16 bits per heavy atom. The van der Waals surface area contributed by atoms with Crippen molar-refractivity contribution in [2.24, 2.45) is 0 Å². The summed E-state index contributed by atoms with van der Waals surface area (Å²) in [5.74, 6) is -0.551. The van der Waals surface area contributed by atoms with Crippen molar-refractivity contribution in [3.63, 3.8) is 0 Å². The fraction of sp³-hybridized carbons (Fsp3) is 0.214. The van der Waals surface area contributed by atoms with Crippen molar-refractivity contribution >= 4 is 23.2 Å². The van der Waals surface area contributed by atoms with Gasteiger partial charge in [-0.25, -0.2) is 0 Å². The monoisotopic (exact) mass is 257 g/mol. The van der Waals surface area contributed by atoms with Crippen molar-refractivity contribution in [2.75, 3.05) is 10.6 Å². The predicted molar refractivity (Wildman–Crippen MR) is 73.4 cm³/mol. The normalized spacial score (nSPS) is 9.11. The number of carbonyl (C=O) groups is 2. The zero-order valence-corrected chi connectivity index (χ0v) is 10.9. The summed E-state index contributed by atoms with van der Waals surface area (Å²) in [6.07, 6.45) is 1.32. The van der Waals surface area contributed by atoms with Crippen LogP contribution in [0.3, 0.4) is 0 Å². The Bertz CT molecular complexity index is 535. The van der Waals surface area contributed by atoms with E-state index in [9.17, 15) is 9.59 Å². The molecule has 19 heavy (non-hydrogen) atoms. The highest BCUT2D eigenvalue weighted by Crippen LogP contribution is 2.13. The van der Waals surface area contributed by atoms with E-state index in [-0.39, 0.29) is 18.2 Å². The van der Waals surface area contributed by atoms with Gasteiger partial charge < -0.3 is 10.6 Å². The van der Waals surface area contributed by atoms with Gasteiger partial charge >= 0.3 is 0 Å². The highest BCUT2D eigenvalue weighted by atomic mass is 16.2. The number of nitrogens with zero attached hydrogens (tertiary/aromatic N) is 1. The highest BCUT2D eigenvalue weighted by Gasteiger charge is 2.02. The molecule has 5 nitrogen and oxygen atoms in total. The number of carbonyl (C=O) groups excluding carboxylic acids is 2. The van der Waals surface area contributed by atoms with Crippen LogP contribution in [0.5, 0.6) is 0 Å². The van der Waals surface area contributed by atoms with Crippen molar-refractivity contribution in [3.8, 4) is 6.07 Å². The zero-order chi connectivity index (χ0) is 14.3. The smallest absolute Gasteiger partial charge is 0.248 e. The van der Waals surface area contributed by atoms with Crippen LogP contribution in [-0.4, -0.2) is 11.8 Å². The number of allylic oxidation sites excluding steroid dienone is 1. The van der Waals surface area contributed by atoms with Gasteiger partial charge in [0.25, 0.3) is 0 Å². The second kappa shape index (κ2) is 6.97. The molecule has 0 fully saturated rings. The zero-order valence-electron chi connectivity index (χ0n) is 10.9. The van der Waals surface area contributed by atoms with Crippen LogP contribution in [0.15, 0.2) is 35.9 Å². The maximum Gasteiger partial charge on any atom is 0.248 e. The molecule has 0 aliphatic carbocycles. The molecule has 0 aliphatic rings. The molecule has 0 unspecified atom stereocenters.